The second-order valence-corrected chi connectivity index (χ2v) is 6.13. The average Bonchev–Trinajstić information content (AvgIpc) is 3.05. The minimum absolute atomic E-state index is 0.0925. The van der Waals surface area contributed by atoms with E-state index in [2.05, 4.69) is 0 Å². The van der Waals surface area contributed by atoms with Crippen molar-refractivity contribution in [3.8, 4) is 0 Å². The van der Waals surface area contributed by atoms with Crippen molar-refractivity contribution >= 4 is 22.8 Å². The summed E-state index contributed by atoms with van der Waals surface area (Å²) >= 11 is 0. The van der Waals surface area contributed by atoms with Crippen molar-refractivity contribution < 1.29 is 23.5 Å². The first-order valence-electron chi connectivity index (χ1n) is 9.02. The normalized spacial score (nSPS) is 10.8. The van der Waals surface area contributed by atoms with Gasteiger partial charge in [-0.1, -0.05) is 18.2 Å². The number of aromatic nitrogens is 1. The van der Waals surface area contributed by atoms with E-state index in [4.69, 9.17) is 13.9 Å². The Bertz CT molecular complexity index is 1090. The zero-order valence-electron chi connectivity index (χ0n) is 16.0. The van der Waals surface area contributed by atoms with Gasteiger partial charge in [0, 0.05) is 17.0 Å². The van der Waals surface area contributed by atoms with Crippen LogP contribution in [0.4, 0.5) is 0 Å². The van der Waals surface area contributed by atoms with Gasteiger partial charge in [-0.2, -0.15) is 0 Å². The van der Waals surface area contributed by atoms with Crippen molar-refractivity contribution in [3.63, 3.8) is 0 Å². The number of ether oxygens (including phenoxy) is 2. The monoisotopic (exact) mass is 383 g/mol. The molecule has 0 aliphatic heterocycles. The molecule has 0 saturated heterocycles. The Balaban J connectivity index is 2.07. The maximum absolute atomic E-state index is 12.8. The van der Waals surface area contributed by atoms with E-state index in [-0.39, 0.29) is 36.6 Å². The van der Waals surface area contributed by atoms with Gasteiger partial charge < -0.3 is 18.5 Å². The molecule has 7 heteroatoms. The number of para-hydroxylation sites is 1. The Morgan fingerprint density at radius 3 is 2.43 bits per heavy atom. The molecule has 0 saturated carbocycles. The number of hydrogen-bond donors (Lipinski definition) is 0. The highest BCUT2D eigenvalue weighted by molar-refractivity contribution is 6.03. The Hall–Kier alpha value is -3.35. The van der Waals surface area contributed by atoms with Crippen LogP contribution >= 0.6 is 0 Å². The highest BCUT2D eigenvalue weighted by atomic mass is 16.5. The number of fused-ring (bicyclic) bond motifs is 1. The molecule has 146 valence electrons. The summed E-state index contributed by atoms with van der Waals surface area (Å²) in [6.07, 6.45) is 0. The maximum atomic E-state index is 12.8. The smallest absolute Gasteiger partial charge is 0.374 e. The molecule has 0 radical (unpaired) electrons. The standard InChI is InChI=1S/C21H21NO6/c1-4-26-20(24)16-11-19(23)22(17-9-7-6-8-15(16)17)12-14-10-18(28-13(14)3)21(25)27-5-2/h6-11H,4-5,12H2,1-3H3. The molecule has 0 spiro atoms. The topological polar surface area (TPSA) is 87.7 Å². The van der Waals surface area contributed by atoms with Crippen molar-refractivity contribution in [2.45, 2.75) is 27.3 Å². The lowest BCUT2D eigenvalue weighted by Crippen LogP contribution is -2.23. The summed E-state index contributed by atoms with van der Waals surface area (Å²) in [5.41, 5.74) is 1.16. The van der Waals surface area contributed by atoms with Gasteiger partial charge in [0.2, 0.25) is 5.76 Å². The summed E-state index contributed by atoms with van der Waals surface area (Å²) in [4.78, 5) is 36.9. The van der Waals surface area contributed by atoms with Gasteiger partial charge in [-0.15, -0.1) is 0 Å². The lowest BCUT2D eigenvalue weighted by molar-refractivity contribution is 0.0486. The van der Waals surface area contributed by atoms with E-state index >= 15 is 0 Å². The second-order valence-electron chi connectivity index (χ2n) is 6.13. The predicted octanol–water partition coefficient (Wildman–Crippen LogP) is 3.30. The van der Waals surface area contributed by atoms with Crippen molar-refractivity contribution in [3.05, 3.63) is 69.4 Å². The molecule has 0 fully saturated rings. The fraction of sp³-hybridized carbons (Fsp3) is 0.286. The van der Waals surface area contributed by atoms with E-state index in [1.54, 1.807) is 51.1 Å². The molecule has 7 nitrogen and oxygen atoms in total. The SMILES string of the molecule is CCOC(=O)c1cc(Cn2c(=O)cc(C(=O)OCC)c3ccccc32)c(C)o1. The predicted molar refractivity (Wildman–Crippen MR) is 103 cm³/mol. The molecule has 0 amide bonds. The highest BCUT2D eigenvalue weighted by Gasteiger charge is 2.19. The van der Waals surface area contributed by atoms with Gasteiger partial charge in [-0.05, 0) is 32.9 Å². The van der Waals surface area contributed by atoms with E-state index in [1.807, 2.05) is 0 Å². The fourth-order valence-corrected chi connectivity index (χ4v) is 3.03. The third-order valence-electron chi connectivity index (χ3n) is 4.34. The van der Waals surface area contributed by atoms with Crippen molar-refractivity contribution in [2.75, 3.05) is 13.2 Å². The van der Waals surface area contributed by atoms with Crippen LogP contribution in [0, 0.1) is 6.92 Å². The number of nitrogens with zero attached hydrogens (tertiary/aromatic N) is 1. The third-order valence-corrected chi connectivity index (χ3v) is 4.34. The minimum atomic E-state index is -0.549. The maximum Gasteiger partial charge on any atom is 0.374 e. The van der Waals surface area contributed by atoms with Gasteiger partial charge in [0.1, 0.15) is 5.76 Å². The van der Waals surface area contributed by atoms with Crippen molar-refractivity contribution in [1.82, 2.24) is 4.57 Å². The molecule has 0 atom stereocenters. The number of carbonyl (C=O) groups excluding carboxylic acids is 2. The number of benzene rings is 1. The molecule has 2 aromatic heterocycles. The van der Waals surface area contributed by atoms with E-state index in [0.29, 0.717) is 22.2 Å². The lowest BCUT2D eigenvalue weighted by Gasteiger charge is -2.12. The average molecular weight is 383 g/mol. The first-order valence-corrected chi connectivity index (χ1v) is 9.02. The van der Waals surface area contributed by atoms with E-state index in [1.165, 1.54) is 10.6 Å². The molecule has 0 aliphatic rings. The third kappa shape index (κ3) is 3.69. The van der Waals surface area contributed by atoms with Crippen LogP contribution < -0.4 is 5.56 Å². The van der Waals surface area contributed by atoms with Gasteiger partial charge in [0.05, 0.1) is 30.8 Å². The van der Waals surface area contributed by atoms with Crippen LogP contribution in [-0.4, -0.2) is 29.7 Å². The number of carbonyl (C=O) groups is 2. The first kappa shape index (κ1) is 19.4. The van der Waals surface area contributed by atoms with Gasteiger partial charge in [0.25, 0.3) is 5.56 Å². The Kier molecular flexibility index (Phi) is 5.63. The van der Waals surface area contributed by atoms with Crippen LogP contribution in [0.1, 0.15) is 46.1 Å². The minimum Gasteiger partial charge on any atom is -0.462 e. The molecule has 2 heterocycles. The van der Waals surface area contributed by atoms with Crippen LogP contribution in [0.15, 0.2) is 45.6 Å². The molecule has 0 N–H and O–H groups in total. The second kappa shape index (κ2) is 8.12. The van der Waals surface area contributed by atoms with Gasteiger partial charge in [-0.25, -0.2) is 9.59 Å². The fourth-order valence-electron chi connectivity index (χ4n) is 3.03. The zero-order valence-corrected chi connectivity index (χ0v) is 16.0. The van der Waals surface area contributed by atoms with Gasteiger partial charge in [0.15, 0.2) is 0 Å². The Labute approximate surface area is 161 Å². The molecule has 3 aromatic rings. The molecular weight excluding hydrogens is 362 g/mol. The van der Waals surface area contributed by atoms with Crippen LogP contribution in [0.25, 0.3) is 10.9 Å². The molecule has 0 unspecified atom stereocenters. The quantitative estimate of drug-likeness (QED) is 0.607. The number of furan rings is 1. The number of hydrogen-bond acceptors (Lipinski definition) is 6. The molecule has 3 rings (SSSR count). The summed E-state index contributed by atoms with van der Waals surface area (Å²) in [7, 11) is 0. The summed E-state index contributed by atoms with van der Waals surface area (Å²) in [6.45, 7) is 5.80. The molecule has 0 aliphatic carbocycles. The Morgan fingerprint density at radius 2 is 1.71 bits per heavy atom. The Morgan fingerprint density at radius 1 is 1.04 bits per heavy atom. The molecule has 0 bridgehead atoms. The largest absolute Gasteiger partial charge is 0.462 e. The summed E-state index contributed by atoms with van der Waals surface area (Å²) in [5.74, 6) is -0.470. The number of rotatable bonds is 6. The van der Waals surface area contributed by atoms with E-state index < -0.39 is 11.9 Å². The zero-order chi connectivity index (χ0) is 20.3. The summed E-state index contributed by atoms with van der Waals surface area (Å²) in [6, 6.07) is 9.97. The summed E-state index contributed by atoms with van der Waals surface area (Å²) in [5, 5.41) is 0.618. The number of aryl methyl sites for hydroxylation is 1. The molecule has 1 aromatic carbocycles. The molecular formula is C21H21NO6. The van der Waals surface area contributed by atoms with Gasteiger partial charge >= 0.3 is 11.9 Å². The van der Waals surface area contributed by atoms with Crippen LogP contribution in [-0.2, 0) is 16.0 Å². The van der Waals surface area contributed by atoms with Crippen LogP contribution in [0.5, 0.6) is 0 Å². The highest BCUT2D eigenvalue weighted by Crippen LogP contribution is 2.21. The van der Waals surface area contributed by atoms with E-state index in [9.17, 15) is 14.4 Å². The molecule has 28 heavy (non-hydrogen) atoms. The summed E-state index contributed by atoms with van der Waals surface area (Å²) < 4.78 is 17.0. The number of pyridine rings is 1. The van der Waals surface area contributed by atoms with Crippen molar-refractivity contribution in [1.29, 1.82) is 0 Å². The van der Waals surface area contributed by atoms with Crippen LogP contribution in [0.2, 0.25) is 0 Å². The van der Waals surface area contributed by atoms with Crippen LogP contribution in [0.3, 0.4) is 0 Å². The van der Waals surface area contributed by atoms with E-state index in [0.717, 1.165) is 0 Å². The first-order chi connectivity index (χ1) is 13.5. The van der Waals surface area contributed by atoms with Gasteiger partial charge in [-0.3, -0.25) is 4.79 Å². The van der Waals surface area contributed by atoms with Crippen molar-refractivity contribution in [2.24, 2.45) is 0 Å². The lowest BCUT2D eigenvalue weighted by atomic mass is 10.1. The number of esters is 2.